The second-order valence-corrected chi connectivity index (χ2v) is 5.40. The molecule has 1 aromatic rings. The Morgan fingerprint density at radius 1 is 1.50 bits per heavy atom. The van der Waals surface area contributed by atoms with Gasteiger partial charge in [-0.2, -0.15) is 0 Å². The maximum absolute atomic E-state index is 11.8. The second kappa shape index (κ2) is 5.96. The summed E-state index contributed by atoms with van der Waals surface area (Å²) in [5, 5.41) is 6.43. The number of hydrogen-bond donors (Lipinski definition) is 2. The van der Waals surface area contributed by atoms with Gasteiger partial charge in [0.25, 0.3) is 0 Å². The van der Waals surface area contributed by atoms with E-state index < -0.39 is 0 Å². The first-order valence-electron chi connectivity index (χ1n) is 6.54. The lowest BCUT2D eigenvalue weighted by molar-refractivity contribution is -0.121. The summed E-state index contributed by atoms with van der Waals surface area (Å²) in [5.41, 5.74) is 1.21. The second-order valence-electron chi connectivity index (χ2n) is 5.40. The number of carbonyl (C=O) groups excluding carboxylic acids is 1. The van der Waals surface area contributed by atoms with Crippen LogP contribution in [0.3, 0.4) is 0 Å². The molecule has 1 saturated heterocycles. The standard InChI is InChI=1S/C14H21N3O/c1-14(5-2-6-16-10-14)11-17-13(18)9-12-3-7-15-8-4-12/h3-4,7-8,16H,2,5-6,9-11H2,1H3,(H,17,18). The van der Waals surface area contributed by atoms with Crippen molar-refractivity contribution in [3.63, 3.8) is 0 Å². The molecule has 1 amide bonds. The minimum atomic E-state index is 0.0907. The van der Waals surface area contributed by atoms with Gasteiger partial charge >= 0.3 is 0 Å². The highest BCUT2D eigenvalue weighted by molar-refractivity contribution is 5.78. The molecule has 2 N–H and O–H groups in total. The lowest BCUT2D eigenvalue weighted by Crippen LogP contribution is -2.45. The summed E-state index contributed by atoms with van der Waals surface area (Å²) in [6.07, 6.45) is 6.24. The molecule has 1 aliphatic heterocycles. The normalized spacial score (nSPS) is 23.6. The van der Waals surface area contributed by atoms with E-state index in [1.54, 1.807) is 12.4 Å². The van der Waals surface area contributed by atoms with Gasteiger partial charge < -0.3 is 10.6 Å². The number of carbonyl (C=O) groups is 1. The van der Waals surface area contributed by atoms with Gasteiger partial charge in [-0.05, 0) is 42.5 Å². The molecule has 1 aromatic heterocycles. The number of rotatable bonds is 4. The van der Waals surface area contributed by atoms with Crippen LogP contribution >= 0.6 is 0 Å². The summed E-state index contributed by atoms with van der Waals surface area (Å²) in [7, 11) is 0. The van der Waals surface area contributed by atoms with E-state index in [0.717, 1.165) is 25.2 Å². The lowest BCUT2D eigenvalue weighted by Gasteiger charge is -2.34. The first kappa shape index (κ1) is 13.0. The summed E-state index contributed by atoms with van der Waals surface area (Å²) in [6.45, 7) is 5.07. The fourth-order valence-electron chi connectivity index (χ4n) is 2.33. The number of nitrogens with one attached hydrogen (secondary N) is 2. The summed E-state index contributed by atoms with van der Waals surface area (Å²) >= 11 is 0. The summed E-state index contributed by atoms with van der Waals surface area (Å²) in [5.74, 6) is 0.0907. The van der Waals surface area contributed by atoms with Crippen LogP contribution in [-0.4, -0.2) is 30.5 Å². The van der Waals surface area contributed by atoms with E-state index in [-0.39, 0.29) is 11.3 Å². The molecule has 1 atom stereocenters. The van der Waals surface area contributed by atoms with E-state index in [0.29, 0.717) is 6.42 Å². The maximum Gasteiger partial charge on any atom is 0.224 e. The maximum atomic E-state index is 11.8. The number of pyridine rings is 1. The molecule has 4 heteroatoms. The molecule has 18 heavy (non-hydrogen) atoms. The smallest absolute Gasteiger partial charge is 0.224 e. The Bertz CT molecular complexity index is 385. The third kappa shape index (κ3) is 3.81. The molecule has 98 valence electrons. The third-order valence-corrected chi connectivity index (χ3v) is 3.51. The van der Waals surface area contributed by atoms with E-state index in [1.807, 2.05) is 12.1 Å². The fourth-order valence-corrected chi connectivity index (χ4v) is 2.33. The van der Waals surface area contributed by atoms with Crippen LogP contribution in [0.2, 0.25) is 0 Å². The molecule has 0 radical (unpaired) electrons. The molecular formula is C14H21N3O. The zero-order valence-electron chi connectivity index (χ0n) is 10.9. The molecule has 0 aromatic carbocycles. The van der Waals surface area contributed by atoms with Crippen LogP contribution in [0.15, 0.2) is 24.5 Å². The van der Waals surface area contributed by atoms with Gasteiger partial charge in [-0.15, -0.1) is 0 Å². The number of nitrogens with zero attached hydrogens (tertiary/aromatic N) is 1. The molecule has 0 aliphatic carbocycles. The number of piperidine rings is 1. The van der Waals surface area contributed by atoms with Crippen molar-refractivity contribution in [2.75, 3.05) is 19.6 Å². The quantitative estimate of drug-likeness (QED) is 0.838. The Morgan fingerprint density at radius 2 is 2.28 bits per heavy atom. The summed E-state index contributed by atoms with van der Waals surface area (Å²) in [6, 6.07) is 3.76. The van der Waals surface area contributed by atoms with E-state index in [9.17, 15) is 4.79 Å². The Hall–Kier alpha value is -1.42. The number of hydrogen-bond acceptors (Lipinski definition) is 3. The highest BCUT2D eigenvalue weighted by Crippen LogP contribution is 2.24. The Kier molecular flexibility index (Phi) is 4.31. The van der Waals surface area contributed by atoms with E-state index in [1.165, 1.54) is 12.8 Å². The van der Waals surface area contributed by atoms with E-state index in [2.05, 4.69) is 22.5 Å². The van der Waals surface area contributed by atoms with Crippen LogP contribution in [0.25, 0.3) is 0 Å². The van der Waals surface area contributed by atoms with Gasteiger partial charge in [0.05, 0.1) is 6.42 Å². The van der Waals surface area contributed by atoms with Gasteiger partial charge in [-0.1, -0.05) is 6.92 Å². The zero-order valence-corrected chi connectivity index (χ0v) is 10.9. The van der Waals surface area contributed by atoms with Crippen molar-refractivity contribution in [2.45, 2.75) is 26.2 Å². The molecule has 1 aliphatic rings. The number of aromatic nitrogens is 1. The molecule has 1 fully saturated rings. The van der Waals surface area contributed by atoms with Crippen molar-refractivity contribution in [1.82, 2.24) is 15.6 Å². The van der Waals surface area contributed by atoms with Gasteiger partial charge in [0, 0.05) is 25.5 Å². The largest absolute Gasteiger partial charge is 0.355 e. The lowest BCUT2D eigenvalue weighted by atomic mass is 9.83. The predicted octanol–water partition coefficient (Wildman–Crippen LogP) is 1.13. The Balaban J connectivity index is 1.78. The molecule has 4 nitrogen and oxygen atoms in total. The van der Waals surface area contributed by atoms with Crippen molar-refractivity contribution in [3.05, 3.63) is 30.1 Å². The first-order chi connectivity index (χ1) is 8.68. The van der Waals surface area contributed by atoms with Crippen LogP contribution in [0, 0.1) is 5.41 Å². The summed E-state index contributed by atoms with van der Waals surface area (Å²) in [4.78, 5) is 15.8. The van der Waals surface area contributed by atoms with E-state index in [4.69, 9.17) is 0 Å². The van der Waals surface area contributed by atoms with Crippen molar-refractivity contribution in [3.8, 4) is 0 Å². The van der Waals surface area contributed by atoms with Crippen LogP contribution in [0.4, 0.5) is 0 Å². The van der Waals surface area contributed by atoms with Crippen molar-refractivity contribution in [2.24, 2.45) is 5.41 Å². The molecule has 2 heterocycles. The van der Waals surface area contributed by atoms with Crippen LogP contribution in [0.5, 0.6) is 0 Å². The van der Waals surface area contributed by atoms with Gasteiger partial charge in [0.1, 0.15) is 0 Å². The Morgan fingerprint density at radius 3 is 2.94 bits per heavy atom. The Labute approximate surface area is 108 Å². The average molecular weight is 247 g/mol. The average Bonchev–Trinajstić information content (AvgIpc) is 2.39. The minimum Gasteiger partial charge on any atom is -0.355 e. The molecule has 0 saturated carbocycles. The van der Waals surface area contributed by atoms with Crippen LogP contribution in [-0.2, 0) is 11.2 Å². The topological polar surface area (TPSA) is 54.0 Å². The zero-order chi connectivity index (χ0) is 12.8. The predicted molar refractivity (Wildman–Crippen MR) is 71.2 cm³/mol. The highest BCUT2D eigenvalue weighted by Gasteiger charge is 2.26. The molecule has 2 rings (SSSR count). The fraction of sp³-hybridized carbons (Fsp3) is 0.571. The molecule has 0 spiro atoms. The van der Waals surface area contributed by atoms with Gasteiger partial charge in [-0.3, -0.25) is 9.78 Å². The van der Waals surface area contributed by atoms with Crippen molar-refractivity contribution >= 4 is 5.91 Å². The van der Waals surface area contributed by atoms with Gasteiger partial charge in [0.2, 0.25) is 5.91 Å². The first-order valence-corrected chi connectivity index (χ1v) is 6.54. The molecular weight excluding hydrogens is 226 g/mol. The van der Waals surface area contributed by atoms with Gasteiger partial charge in [0.15, 0.2) is 0 Å². The van der Waals surface area contributed by atoms with Crippen LogP contribution < -0.4 is 10.6 Å². The monoisotopic (exact) mass is 247 g/mol. The highest BCUT2D eigenvalue weighted by atomic mass is 16.1. The van der Waals surface area contributed by atoms with Crippen LogP contribution in [0.1, 0.15) is 25.3 Å². The molecule has 1 unspecified atom stereocenters. The van der Waals surface area contributed by atoms with Crippen molar-refractivity contribution < 1.29 is 4.79 Å². The van der Waals surface area contributed by atoms with Crippen molar-refractivity contribution in [1.29, 1.82) is 0 Å². The SMILES string of the molecule is CC1(CNC(=O)Cc2ccncc2)CCCNC1. The molecule has 0 bridgehead atoms. The third-order valence-electron chi connectivity index (χ3n) is 3.51. The van der Waals surface area contributed by atoms with E-state index >= 15 is 0 Å². The van der Waals surface area contributed by atoms with Gasteiger partial charge in [-0.25, -0.2) is 0 Å². The number of amides is 1. The summed E-state index contributed by atoms with van der Waals surface area (Å²) < 4.78 is 0. The minimum absolute atomic E-state index is 0.0907.